The van der Waals surface area contributed by atoms with Crippen LogP contribution in [0.1, 0.15) is 53.6 Å². The van der Waals surface area contributed by atoms with E-state index >= 15 is 0 Å². The Bertz CT molecular complexity index is 1130. The minimum Gasteiger partial charge on any atom is -0.387 e. The van der Waals surface area contributed by atoms with Gasteiger partial charge in [-0.3, -0.25) is 0 Å². The van der Waals surface area contributed by atoms with Crippen LogP contribution in [0.4, 0.5) is 0 Å². The smallest absolute Gasteiger partial charge is 0.0930 e. The van der Waals surface area contributed by atoms with Crippen molar-refractivity contribution in [3.05, 3.63) is 118 Å². The van der Waals surface area contributed by atoms with E-state index in [-0.39, 0.29) is 0 Å². The monoisotopic (exact) mass is 408 g/mol. The van der Waals surface area contributed by atoms with Crippen molar-refractivity contribution >= 4 is 11.1 Å². The fraction of sp³-hybridized carbons (Fsp3) is 0.267. The van der Waals surface area contributed by atoms with Crippen LogP contribution in [0.15, 0.2) is 84.4 Å². The standard InChI is InChI=1S/C30H32O/c1-6-23-19-27(24-13-7-20(2)8-14-24)29(31)30(5,26-17-11-22(4)12-18-26)28(23)25-15-9-21(3)10-16-25/h7-19,29,31H,6H2,1-5H3. The van der Waals surface area contributed by atoms with Crippen molar-refractivity contribution in [2.75, 3.05) is 0 Å². The number of rotatable bonds is 4. The molecule has 0 bridgehead atoms. The van der Waals surface area contributed by atoms with Crippen molar-refractivity contribution in [3.8, 4) is 0 Å². The van der Waals surface area contributed by atoms with Crippen LogP contribution in [-0.4, -0.2) is 11.2 Å². The summed E-state index contributed by atoms with van der Waals surface area (Å²) < 4.78 is 0. The first-order valence-corrected chi connectivity index (χ1v) is 11.2. The van der Waals surface area contributed by atoms with E-state index in [2.05, 4.69) is 113 Å². The SMILES string of the molecule is CCC1=C(c2ccc(C)cc2)C(C)(c2ccc(C)cc2)C(O)C(c2ccc(C)cc2)=C1. The van der Waals surface area contributed by atoms with Crippen molar-refractivity contribution in [3.63, 3.8) is 0 Å². The zero-order valence-corrected chi connectivity index (χ0v) is 19.2. The van der Waals surface area contributed by atoms with Gasteiger partial charge >= 0.3 is 0 Å². The number of benzene rings is 3. The summed E-state index contributed by atoms with van der Waals surface area (Å²) in [6.07, 6.45) is 2.48. The molecule has 1 N–H and O–H groups in total. The lowest BCUT2D eigenvalue weighted by molar-refractivity contribution is 0.173. The van der Waals surface area contributed by atoms with Crippen molar-refractivity contribution in [1.82, 2.24) is 0 Å². The Morgan fingerprint density at radius 3 is 1.65 bits per heavy atom. The van der Waals surface area contributed by atoms with Crippen LogP contribution in [0.3, 0.4) is 0 Å². The van der Waals surface area contributed by atoms with Gasteiger partial charge in [-0.25, -0.2) is 0 Å². The van der Waals surface area contributed by atoms with Gasteiger partial charge in [0, 0.05) is 5.41 Å². The summed E-state index contributed by atoms with van der Waals surface area (Å²) in [6.45, 7) is 10.7. The minimum atomic E-state index is -0.649. The zero-order valence-electron chi connectivity index (χ0n) is 19.2. The molecule has 3 aromatic carbocycles. The molecule has 0 spiro atoms. The Hall–Kier alpha value is -2.90. The topological polar surface area (TPSA) is 20.2 Å². The number of aliphatic hydroxyl groups is 1. The maximum Gasteiger partial charge on any atom is 0.0930 e. The van der Waals surface area contributed by atoms with Crippen molar-refractivity contribution in [2.45, 2.75) is 52.6 Å². The van der Waals surface area contributed by atoms with Crippen LogP contribution in [0.2, 0.25) is 0 Å². The van der Waals surface area contributed by atoms with E-state index in [4.69, 9.17) is 0 Å². The summed E-state index contributed by atoms with van der Waals surface area (Å²) in [5.74, 6) is 0. The second kappa shape index (κ2) is 8.32. The Morgan fingerprint density at radius 2 is 1.16 bits per heavy atom. The van der Waals surface area contributed by atoms with Crippen LogP contribution in [0.5, 0.6) is 0 Å². The van der Waals surface area contributed by atoms with Gasteiger partial charge in [0.25, 0.3) is 0 Å². The van der Waals surface area contributed by atoms with Gasteiger partial charge in [0.15, 0.2) is 0 Å². The van der Waals surface area contributed by atoms with E-state index in [0.29, 0.717) is 0 Å². The maximum absolute atomic E-state index is 11.9. The fourth-order valence-corrected chi connectivity index (χ4v) is 4.79. The minimum absolute atomic E-state index is 0.552. The van der Waals surface area contributed by atoms with Gasteiger partial charge in [-0.1, -0.05) is 102 Å². The van der Waals surface area contributed by atoms with Crippen LogP contribution >= 0.6 is 0 Å². The second-order valence-electron chi connectivity index (χ2n) is 9.06. The fourth-order valence-electron chi connectivity index (χ4n) is 4.79. The molecule has 0 fully saturated rings. The number of aryl methyl sites for hydroxylation is 3. The number of allylic oxidation sites excluding steroid dienone is 2. The first-order valence-electron chi connectivity index (χ1n) is 11.2. The molecule has 4 rings (SSSR count). The molecule has 0 saturated carbocycles. The predicted molar refractivity (Wildman–Crippen MR) is 132 cm³/mol. The van der Waals surface area contributed by atoms with E-state index in [1.807, 2.05) is 0 Å². The van der Waals surface area contributed by atoms with E-state index < -0.39 is 11.5 Å². The highest BCUT2D eigenvalue weighted by molar-refractivity contribution is 5.90. The molecule has 0 aliphatic heterocycles. The molecule has 0 aromatic heterocycles. The molecule has 158 valence electrons. The van der Waals surface area contributed by atoms with Gasteiger partial charge < -0.3 is 5.11 Å². The Balaban J connectivity index is 2.00. The van der Waals surface area contributed by atoms with E-state index in [0.717, 1.165) is 23.1 Å². The van der Waals surface area contributed by atoms with Gasteiger partial charge in [-0.15, -0.1) is 0 Å². The van der Waals surface area contributed by atoms with Gasteiger partial charge in [0.2, 0.25) is 0 Å². The number of hydrogen-bond acceptors (Lipinski definition) is 1. The Kier molecular flexibility index (Phi) is 5.73. The van der Waals surface area contributed by atoms with Gasteiger partial charge in [0.1, 0.15) is 0 Å². The van der Waals surface area contributed by atoms with Crippen molar-refractivity contribution < 1.29 is 5.11 Å². The van der Waals surface area contributed by atoms with E-state index in [1.165, 1.54) is 33.4 Å². The molecule has 2 unspecified atom stereocenters. The third-order valence-electron chi connectivity index (χ3n) is 6.77. The predicted octanol–water partition coefficient (Wildman–Crippen LogP) is 7.19. The molecular formula is C30H32O. The van der Waals surface area contributed by atoms with E-state index in [1.54, 1.807) is 0 Å². The maximum atomic E-state index is 11.9. The highest BCUT2D eigenvalue weighted by Gasteiger charge is 2.44. The molecule has 1 aliphatic carbocycles. The van der Waals surface area contributed by atoms with Crippen LogP contribution in [0.25, 0.3) is 11.1 Å². The van der Waals surface area contributed by atoms with Crippen LogP contribution in [-0.2, 0) is 5.41 Å². The Labute approximate surface area is 186 Å². The molecule has 2 atom stereocenters. The first kappa shape index (κ1) is 21.3. The highest BCUT2D eigenvalue weighted by atomic mass is 16.3. The average molecular weight is 409 g/mol. The molecular weight excluding hydrogens is 376 g/mol. The van der Waals surface area contributed by atoms with Gasteiger partial charge in [-0.05, 0) is 67.5 Å². The lowest BCUT2D eigenvalue weighted by Gasteiger charge is -2.43. The van der Waals surface area contributed by atoms with Gasteiger partial charge in [0.05, 0.1) is 6.10 Å². The van der Waals surface area contributed by atoms with Crippen molar-refractivity contribution in [2.24, 2.45) is 0 Å². The first-order chi connectivity index (χ1) is 14.8. The summed E-state index contributed by atoms with van der Waals surface area (Å²) in [7, 11) is 0. The molecule has 0 radical (unpaired) electrons. The quantitative estimate of drug-likeness (QED) is 0.484. The summed E-state index contributed by atoms with van der Waals surface area (Å²) in [5, 5.41) is 11.9. The molecule has 3 aromatic rings. The summed E-state index contributed by atoms with van der Waals surface area (Å²) in [6, 6.07) is 25.9. The van der Waals surface area contributed by atoms with Crippen molar-refractivity contribution in [1.29, 1.82) is 0 Å². The number of hydrogen-bond donors (Lipinski definition) is 1. The van der Waals surface area contributed by atoms with Crippen LogP contribution < -0.4 is 0 Å². The molecule has 0 amide bonds. The average Bonchev–Trinajstić information content (AvgIpc) is 2.77. The molecule has 0 saturated heterocycles. The number of aliphatic hydroxyl groups excluding tert-OH is 1. The molecule has 1 aliphatic rings. The second-order valence-corrected chi connectivity index (χ2v) is 9.06. The van der Waals surface area contributed by atoms with E-state index in [9.17, 15) is 5.11 Å². The normalized spacial score (nSPS) is 21.2. The lowest BCUT2D eigenvalue weighted by Crippen LogP contribution is -2.41. The summed E-state index contributed by atoms with van der Waals surface area (Å²) >= 11 is 0. The Morgan fingerprint density at radius 1 is 0.710 bits per heavy atom. The molecule has 31 heavy (non-hydrogen) atoms. The summed E-state index contributed by atoms with van der Waals surface area (Å²) in [4.78, 5) is 0. The lowest BCUT2D eigenvalue weighted by atomic mass is 9.62. The zero-order chi connectivity index (χ0) is 22.2. The molecule has 1 nitrogen and oxygen atoms in total. The summed E-state index contributed by atoms with van der Waals surface area (Å²) in [5.41, 5.74) is 10.1. The van der Waals surface area contributed by atoms with Gasteiger partial charge in [-0.2, -0.15) is 0 Å². The molecule has 1 heteroatoms. The third kappa shape index (κ3) is 3.79. The third-order valence-corrected chi connectivity index (χ3v) is 6.77. The molecule has 0 heterocycles. The largest absolute Gasteiger partial charge is 0.387 e. The van der Waals surface area contributed by atoms with Crippen LogP contribution in [0, 0.1) is 20.8 Å². The highest BCUT2D eigenvalue weighted by Crippen LogP contribution is 2.50.